The van der Waals surface area contributed by atoms with Crippen molar-refractivity contribution in [2.24, 2.45) is 0 Å². The van der Waals surface area contributed by atoms with E-state index in [1.165, 1.54) is 10.7 Å². The van der Waals surface area contributed by atoms with Gasteiger partial charge in [0.1, 0.15) is 10.8 Å². The highest BCUT2D eigenvalue weighted by molar-refractivity contribution is 6.30. The first-order chi connectivity index (χ1) is 7.18. The molecule has 0 aliphatic carbocycles. The Morgan fingerprint density at radius 3 is 2.60 bits per heavy atom. The Morgan fingerprint density at radius 1 is 1.27 bits per heavy atom. The number of rotatable bonds is 1. The van der Waals surface area contributed by atoms with Crippen LogP contribution in [0.1, 0.15) is 0 Å². The van der Waals surface area contributed by atoms with Crippen LogP contribution in [0.15, 0.2) is 41.2 Å². The lowest BCUT2D eigenvalue weighted by molar-refractivity contribution is 0.815. The van der Waals surface area contributed by atoms with Gasteiger partial charge in [0, 0.05) is 6.07 Å². The number of aromatic nitrogens is 2. The van der Waals surface area contributed by atoms with E-state index in [0.29, 0.717) is 5.69 Å². The third-order valence-electron chi connectivity index (χ3n) is 1.89. The molecule has 2 N–H and O–H groups in total. The lowest BCUT2D eigenvalue weighted by Crippen LogP contribution is -2.22. The summed E-state index contributed by atoms with van der Waals surface area (Å²) in [6.45, 7) is 0. The quantitative estimate of drug-likeness (QED) is 0.793. The molecule has 15 heavy (non-hydrogen) atoms. The standard InChI is InChI=1S/C10H8ClN3O/c11-8-6-9(12)13-14(10(8)15)7-4-2-1-3-5-7/h1-6H,(H2,12,13). The number of nitrogens with two attached hydrogens (primary N) is 1. The molecule has 4 nitrogen and oxygen atoms in total. The maximum atomic E-state index is 11.6. The van der Waals surface area contributed by atoms with Gasteiger partial charge >= 0.3 is 0 Å². The van der Waals surface area contributed by atoms with Gasteiger partial charge in [-0.15, -0.1) is 5.10 Å². The van der Waals surface area contributed by atoms with Gasteiger partial charge in [0.05, 0.1) is 5.69 Å². The van der Waals surface area contributed by atoms with Crippen LogP contribution in [0.5, 0.6) is 0 Å². The van der Waals surface area contributed by atoms with Gasteiger partial charge in [-0.1, -0.05) is 29.8 Å². The van der Waals surface area contributed by atoms with E-state index in [0.717, 1.165) is 0 Å². The normalized spacial score (nSPS) is 10.2. The molecular formula is C10H8ClN3O. The minimum Gasteiger partial charge on any atom is -0.382 e. The van der Waals surface area contributed by atoms with E-state index in [2.05, 4.69) is 5.10 Å². The predicted molar refractivity (Wildman–Crippen MR) is 59.3 cm³/mol. The van der Waals surface area contributed by atoms with Crippen LogP contribution in [-0.2, 0) is 0 Å². The van der Waals surface area contributed by atoms with Gasteiger partial charge in [-0.3, -0.25) is 4.79 Å². The summed E-state index contributed by atoms with van der Waals surface area (Å²) in [5, 5.41) is 3.96. The van der Waals surface area contributed by atoms with Crippen LogP contribution in [0.3, 0.4) is 0 Å². The number of halogens is 1. The fourth-order valence-electron chi connectivity index (χ4n) is 1.23. The van der Waals surface area contributed by atoms with Crippen molar-refractivity contribution in [1.82, 2.24) is 9.78 Å². The van der Waals surface area contributed by atoms with Crippen molar-refractivity contribution in [3.8, 4) is 5.69 Å². The average Bonchev–Trinajstić information content (AvgIpc) is 2.24. The first kappa shape index (κ1) is 9.73. The van der Waals surface area contributed by atoms with E-state index in [1.807, 2.05) is 6.07 Å². The van der Waals surface area contributed by atoms with Gasteiger partial charge in [0.2, 0.25) is 0 Å². The minimum absolute atomic E-state index is 0.0614. The van der Waals surface area contributed by atoms with Crippen LogP contribution in [0.25, 0.3) is 5.69 Å². The average molecular weight is 222 g/mol. The second-order valence-electron chi connectivity index (χ2n) is 2.97. The van der Waals surface area contributed by atoms with Crippen molar-refractivity contribution in [3.05, 3.63) is 51.8 Å². The third kappa shape index (κ3) is 1.85. The van der Waals surface area contributed by atoms with E-state index in [1.54, 1.807) is 24.3 Å². The van der Waals surface area contributed by atoms with Gasteiger partial charge in [-0.25, -0.2) is 0 Å². The van der Waals surface area contributed by atoms with E-state index in [-0.39, 0.29) is 16.4 Å². The highest BCUT2D eigenvalue weighted by atomic mass is 35.5. The molecule has 0 bridgehead atoms. The molecular weight excluding hydrogens is 214 g/mol. The van der Waals surface area contributed by atoms with Crippen molar-refractivity contribution >= 4 is 17.4 Å². The molecule has 2 aromatic rings. The largest absolute Gasteiger partial charge is 0.382 e. The maximum absolute atomic E-state index is 11.6. The smallest absolute Gasteiger partial charge is 0.290 e. The van der Waals surface area contributed by atoms with Crippen molar-refractivity contribution < 1.29 is 0 Å². The van der Waals surface area contributed by atoms with Crippen molar-refractivity contribution in [3.63, 3.8) is 0 Å². The molecule has 1 aromatic heterocycles. The number of hydrogen-bond donors (Lipinski definition) is 1. The number of hydrogen-bond acceptors (Lipinski definition) is 3. The highest BCUT2D eigenvalue weighted by Crippen LogP contribution is 2.08. The summed E-state index contributed by atoms with van der Waals surface area (Å²) in [4.78, 5) is 11.6. The Kier molecular flexibility index (Phi) is 2.43. The molecule has 0 aliphatic rings. The molecule has 0 spiro atoms. The summed E-state index contributed by atoms with van der Waals surface area (Å²) in [5.74, 6) is 0.212. The van der Waals surface area contributed by atoms with E-state index < -0.39 is 0 Å². The molecule has 2 rings (SSSR count). The highest BCUT2D eigenvalue weighted by Gasteiger charge is 2.05. The second-order valence-corrected chi connectivity index (χ2v) is 3.38. The summed E-state index contributed by atoms with van der Waals surface area (Å²) in [6, 6.07) is 10.3. The van der Waals surface area contributed by atoms with Crippen LogP contribution < -0.4 is 11.3 Å². The number of para-hydroxylation sites is 1. The molecule has 1 aromatic carbocycles. The zero-order chi connectivity index (χ0) is 10.8. The summed E-state index contributed by atoms with van der Waals surface area (Å²) >= 11 is 5.72. The summed E-state index contributed by atoms with van der Waals surface area (Å²) < 4.78 is 1.18. The van der Waals surface area contributed by atoms with E-state index >= 15 is 0 Å². The molecule has 0 fully saturated rings. The molecule has 0 radical (unpaired) electrons. The third-order valence-corrected chi connectivity index (χ3v) is 2.16. The molecule has 5 heteroatoms. The SMILES string of the molecule is Nc1cc(Cl)c(=O)n(-c2ccccc2)n1. The lowest BCUT2D eigenvalue weighted by atomic mass is 10.3. The fourth-order valence-corrected chi connectivity index (χ4v) is 1.42. The first-order valence-corrected chi connectivity index (χ1v) is 4.67. The van der Waals surface area contributed by atoms with Crippen LogP contribution in [0.2, 0.25) is 5.02 Å². The molecule has 0 amide bonds. The Labute approximate surface area is 90.9 Å². The number of nitrogen functional groups attached to an aromatic ring is 1. The Bertz CT molecular complexity index is 536. The molecule has 76 valence electrons. The molecule has 0 unspecified atom stereocenters. The van der Waals surface area contributed by atoms with Crippen LogP contribution in [0.4, 0.5) is 5.82 Å². The van der Waals surface area contributed by atoms with Crippen LogP contribution in [-0.4, -0.2) is 9.78 Å². The monoisotopic (exact) mass is 221 g/mol. The minimum atomic E-state index is -0.378. The molecule has 0 aliphatic heterocycles. The van der Waals surface area contributed by atoms with E-state index in [9.17, 15) is 4.79 Å². The summed E-state index contributed by atoms with van der Waals surface area (Å²) in [5.41, 5.74) is 5.77. The topological polar surface area (TPSA) is 60.9 Å². The lowest BCUT2D eigenvalue weighted by Gasteiger charge is -2.04. The molecule has 1 heterocycles. The van der Waals surface area contributed by atoms with Crippen LogP contribution >= 0.6 is 11.6 Å². The molecule has 0 saturated carbocycles. The Hall–Kier alpha value is -1.81. The van der Waals surface area contributed by atoms with Crippen molar-refractivity contribution in [2.45, 2.75) is 0 Å². The second kappa shape index (κ2) is 3.74. The van der Waals surface area contributed by atoms with E-state index in [4.69, 9.17) is 17.3 Å². The van der Waals surface area contributed by atoms with Gasteiger partial charge in [-0.05, 0) is 12.1 Å². The van der Waals surface area contributed by atoms with Crippen molar-refractivity contribution in [1.29, 1.82) is 0 Å². The zero-order valence-corrected chi connectivity index (χ0v) is 8.48. The zero-order valence-electron chi connectivity index (χ0n) is 7.72. The van der Waals surface area contributed by atoms with Crippen LogP contribution in [0, 0.1) is 0 Å². The number of nitrogens with zero attached hydrogens (tertiary/aromatic N) is 2. The first-order valence-electron chi connectivity index (χ1n) is 4.29. The van der Waals surface area contributed by atoms with Crippen molar-refractivity contribution in [2.75, 3.05) is 5.73 Å². The Morgan fingerprint density at radius 2 is 1.93 bits per heavy atom. The summed E-state index contributed by atoms with van der Waals surface area (Å²) in [7, 11) is 0. The fraction of sp³-hybridized carbons (Fsp3) is 0. The van der Waals surface area contributed by atoms with Gasteiger partial charge in [-0.2, -0.15) is 4.68 Å². The molecule has 0 atom stereocenters. The van der Waals surface area contributed by atoms with Gasteiger partial charge in [0.15, 0.2) is 0 Å². The summed E-state index contributed by atoms with van der Waals surface area (Å²) in [6.07, 6.45) is 0. The predicted octanol–water partition coefficient (Wildman–Crippen LogP) is 1.47. The molecule has 0 saturated heterocycles. The Balaban J connectivity index is 2.69. The number of benzene rings is 1. The number of anilines is 1. The maximum Gasteiger partial charge on any atom is 0.290 e. The van der Waals surface area contributed by atoms with Gasteiger partial charge in [0.25, 0.3) is 5.56 Å². The van der Waals surface area contributed by atoms with Gasteiger partial charge < -0.3 is 5.73 Å².